The lowest BCUT2D eigenvalue weighted by Crippen LogP contribution is -2.17. The number of aryl methyl sites for hydroxylation is 1. The number of carbonyl (C=O) groups is 1. The number of ether oxygens (including phenoxy) is 1. The van der Waals surface area contributed by atoms with Gasteiger partial charge in [-0.05, 0) is 42.4 Å². The highest BCUT2D eigenvalue weighted by Gasteiger charge is 2.31. The summed E-state index contributed by atoms with van der Waals surface area (Å²) in [4.78, 5) is 11.3. The number of halogens is 3. The Kier molecular flexibility index (Phi) is 3.36. The van der Waals surface area contributed by atoms with E-state index in [9.17, 15) is 23.1 Å². The minimum atomic E-state index is -4.85. The number of fused-ring (bicyclic) bond motifs is 3. The van der Waals surface area contributed by atoms with Gasteiger partial charge in [-0.2, -0.15) is 5.10 Å². The fourth-order valence-corrected chi connectivity index (χ4v) is 3.01. The quantitative estimate of drug-likeness (QED) is 0.584. The van der Waals surface area contributed by atoms with Gasteiger partial charge in [-0.1, -0.05) is 0 Å². The standard InChI is InChI=1S/C18H12F3N3O3/c1-23-9-14-13-8-10(17(25)26)2-7-15(13)24(16(14)22-23)11-3-5-12(6-4-11)27-18(19,20)21/h2-9H,1H3,(H,25,26)/i3D. The zero-order valence-corrected chi connectivity index (χ0v) is 13.8. The summed E-state index contributed by atoms with van der Waals surface area (Å²) >= 11 is 0. The smallest absolute Gasteiger partial charge is 0.478 e. The average Bonchev–Trinajstić information content (AvgIpc) is 3.08. The molecule has 0 saturated heterocycles. The molecule has 0 aliphatic heterocycles. The van der Waals surface area contributed by atoms with Crippen molar-refractivity contribution in [1.29, 1.82) is 0 Å². The van der Waals surface area contributed by atoms with Crippen LogP contribution in [0.3, 0.4) is 0 Å². The van der Waals surface area contributed by atoms with Crippen LogP contribution in [0.25, 0.3) is 27.6 Å². The van der Waals surface area contributed by atoms with E-state index < -0.39 is 18.1 Å². The van der Waals surface area contributed by atoms with Gasteiger partial charge in [-0.15, -0.1) is 13.2 Å². The first-order valence-corrected chi connectivity index (χ1v) is 7.72. The van der Waals surface area contributed by atoms with Crippen molar-refractivity contribution in [2.75, 3.05) is 0 Å². The number of benzene rings is 2. The van der Waals surface area contributed by atoms with Gasteiger partial charge in [0.15, 0.2) is 5.65 Å². The fourth-order valence-electron chi connectivity index (χ4n) is 3.01. The largest absolute Gasteiger partial charge is 0.573 e. The van der Waals surface area contributed by atoms with E-state index in [4.69, 9.17) is 1.37 Å². The van der Waals surface area contributed by atoms with Crippen molar-refractivity contribution in [3.8, 4) is 11.4 Å². The molecule has 2 heterocycles. The first-order valence-electron chi connectivity index (χ1n) is 8.22. The molecule has 0 spiro atoms. The monoisotopic (exact) mass is 376 g/mol. The number of nitrogens with zero attached hydrogens (tertiary/aromatic N) is 3. The van der Waals surface area contributed by atoms with Gasteiger partial charge in [0.25, 0.3) is 0 Å². The first kappa shape index (κ1) is 15.7. The predicted molar refractivity (Wildman–Crippen MR) is 91.2 cm³/mol. The maximum Gasteiger partial charge on any atom is 0.573 e. The van der Waals surface area contributed by atoms with Crippen LogP contribution in [0.5, 0.6) is 5.75 Å². The molecule has 27 heavy (non-hydrogen) atoms. The van der Waals surface area contributed by atoms with Gasteiger partial charge in [-0.3, -0.25) is 9.25 Å². The molecule has 0 unspecified atom stereocenters. The Morgan fingerprint density at radius 2 is 2.00 bits per heavy atom. The van der Waals surface area contributed by atoms with Crippen molar-refractivity contribution in [3.05, 3.63) is 54.2 Å². The van der Waals surface area contributed by atoms with Crippen molar-refractivity contribution in [1.82, 2.24) is 14.3 Å². The lowest BCUT2D eigenvalue weighted by atomic mass is 10.1. The van der Waals surface area contributed by atoms with Crippen LogP contribution in [0.4, 0.5) is 13.2 Å². The van der Waals surface area contributed by atoms with E-state index in [1.54, 1.807) is 28.6 Å². The van der Waals surface area contributed by atoms with Crippen LogP contribution >= 0.6 is 0 Å². The second-order valence-electron chi connectivity index (χ2n) is 5.87. The van der Waals surface area contributed by atoms with Crippen LogP contribution in [0.2, 0.25) is 0 Å². The SMILES string of the molecule is [2H]c1cc(OC(F)(F)F)ccc1-n1c2ccc(C(=O)O)cc2c2cn(C)nc21. The summed E-state index contributed by atoms with van der Waals surface area (Å²) in [5.41, 5.74) is 1.42. The van der Waals surface area contributed by atoms with Gasteiger partial charge in [-0.25, -0.2) is 4.79 Å². The molecule has 4 aromatic rings. The summed E-state index contributed by atoms with van der Waals surface area (Å²) in [5.74, 6) is -1.58. The van der Waals surface area contributed by atoms with Gasteiger partial charge in [0, 0.05) is 29.7 Å². The Labute approximate surface area is 151 Å². The van der Waals surface area contributed by atoms with Crippen LogP contribution in [-0.2, 0) is 7.05 Å². The third-order valence-electron chi connectivity index (χ3n) is 4.04. The normalized spacial score (nSPS) is 12.5. The molecule has 4 rings (SSSR count). The van der Waals surface area contributed by atoms with Crippen molar-refractivity contribution < 1.29 is 29.2 Å². The Morgan fingerprint density at radius 3 is 2.67 bits per heavy atom. The molecule has 138 valence electrons. The number of carboxylic acids is 1. The highest BCUT2D eigenvalue weighted by molar-refractivity contribution is 6.09. The number of alkyl halides is 3. The minimum absolute atomic E-state index is 0.0930. The molecule has 0 atom stereocenters. The molecule has 0 aliphatic carbocycles. The average molecular weight is 376 g/mol. The molecule has 0 saturated carbocycles. The van der Waals surface area contributed by atoms with Crippen LogP contribution in [0.15, 0.2) is 48.6 Å². The highest BCUT2D eigenvalue weighted by atomic mass is 19.4. The number of carboxylic acid groups (broad SMARTS) is 1. The molecule has 0 fully saturated rings. The Morgan fingerprint density at radius 1 is 1.22 bits per heavy atom. The maximum absolute atomic E-state index is 12.4. The summed E-state index contributed by atoms with van der Waals surface area (Å²) < 4.78 is 52.4. The number of rotatable bonds is 3. The highest BCUT2D eigenvalue weighted by Crippen LogP contribution is 2.33. The molecule has 1 N–H and O–H groups in total. The summed E-state index contributed by atoms with van der Waals surface area (Å²) in [7, 11) is 1.69. The third-order valence-corrected chi connectivity index (χ3v) is 4.04. The summed E-state index contributed by atoms with van der Waals surface area (Å²) in [6.07, 6.45) is -3.14. The molecule has 0 bridgehead atoms. The fraction of sp³-hybridized carbons (Fsp3) is 0.111. The molecule has 9 heteroatoms. The number of aromatic nitrogens is 3. The van der Waals surface area contributed by atoms with Gasteiger partial charge in [0.2, 0.25) is 0 Å². The van der Waals surface area contributed by atoms with Crippen LogP contribution in [0, 0.1) is 0 Å². The summed E-state index contributed by atoms with van der Waals surface area (Å²) in [5, 5.41) is 14.9. The molecular weight excluding hydrogens is 363 g/mol. The Balaban J connectivity index is 1.96. The van der Waals surface area contributed by atoms with Gasteiger partial charge >= 0.3 is 12.3 Å². The minimum Gasteiger partial charge on any atom is -0.478 e. The van der Waals surface area contributed by atoms with Crippen LogP contribution in [0.1, 0.15) is 11.7 Å². The van der Waals surface area contributed by atoms with Gasteiger partial charge in [0.05, 0.1) is 12.5 Å². The molecular formula is C18H12F3N3O3. The molecule has 0 radical (unpaired) electrons. The van der Waals surface area contributed by atoms with Crippen molar-refractivity contribution in [2.45, 2.75) is 6.36 Å². The molecule has 2 aromatic heterocycles. The summed E-state index contributed by atoms with van der Waals surface area (Å²) in [6.45, 7) is 0. The predicted octanol–water partition coefficient (Wildman–Crippen LogP) is 4.11. The maximum atomic E-state index is 12.4. The molecule has 0 aliphatic rings. The second-order valence-corrected chi connectivity index (χ2v) is 5.87. The lowest BCUT2D eigenvalue weighted by Gasteiger charge is -2.11. The number of hydrogen-bond donors (Lipinski definition) is 1. The van der Waals surface area contributed by atoms with E-state index in [1.165, 1.54) is 18.2 Å². The topological polar surface area (TPSA) is 69.3 Å². The zero-order chi connectivity index (χ0) is 20.2. The Bertz CT molecular complexity index is 1240. The van der Waals surface area contributed by atoms with Gasteiger partial charge < -0.3 is 9.84 Å². The lowest BCUT2D eigenvalue weighted by molar-refractivity contribution is -0.274. The van der Waals surface area contributed by atoms with E-state index in [2.05, 4.69) is 9.84 Å². The van der Waals surface area contributed by atoms with E-state index in [-0.39, 0.29) is 17.3 Å². The molecule has 6 nitrogen and oxygen atoms in total. The Hall–Kier alpha value is -3.49. The van der Waals surface area contributed by atoms with E-state index in [1.807, 2.05) is 0 Å². The summed E-state index contributed by atoms with van der Waals surface area (Å²) in [6, 6.07) is 7.73. The number of aromatic carboxylic acids is 1. The van der Waals surface area contributed by atoms with Crippen molar-refractivity contribution >= 4 is 27.9 Å². The van der Waals surface area contributed by atoms with Crippen LogP contribution < -0.4 is 4.74 Å². The molecule has 2 aromatic carbocycles. The number of hydrogen-bond acceptors (Lipinski definition) is 3. The van der Waals surface area contributed by atoms with E-state index in [0.29, 0.717) is 21.9 Å². The van der Waals surface area contributed by atoms with E-state index >= 15 is 0 Å². The van der Waals surface area contributed by atoms with E-state index in [0.717, 1.165) is 12.1 Å². The van der Waals surface area contributed by atoms with Gasteiger partial charge in [0.1, 0.15) is 5.75 Å². The first-order chi connectivity index (χ1) is 13.1. The second kappa shape index (κ2) is 5.76. The van der Waals surface area contributed by atoms with Crippen molar-refractivity contribution in [2.24, 2.45) is 7.05 Å². The van der Waals surface area contributed by atoms with Crippen LogP contribution in [-0.4, -0.2) is 31.8 Å². The third kappa shape index (κ3) is 2.97. The van der Waals surface area contributed by atoms with Crippen molar-refractivity contribution in [3.63, 3.8) is 0 Å². The molecule has 0 amide bonds. The zero-order valence-electron chi connectivity index (χ0n) is 14.8.